The summed E-state index contributed by atoms with van der Waals surface area (Å²) < 4.78 is 14.9. The second-order valence-corrected chi connectivity index (χ2v) is 5.74. The zero-order valence-electron chi connectivity index (χ0n) is 11.8. The first kappa shape index (κ1) is 14.2. The van der Waals surface area contributed by atoms with Gasteiger partial charge in [0.1, 0.15) is 5.82 Å². The van der Waals surface area contributed by atoms with Crippen LogP contribution in [0.5, 0.6) is 0 Å². The van der Waals surface area contributed by atoms with Crippen molar-refractivity contribution >= 4 is 5.97 Å². The molecule has 2 rings (SSSR count). The van der Waals surface area contributed by atoms with E-state index < -0.39 is 17.2 Å². The zero-order chi connectivity index (χ0) is 15.1. The molecule has 106 valence electrons. The minimum absolute atomic E-state index is 0.112. The lowest BCUT2D eigenvalue weighted by atomic mass is 9.90. The standard InChI is InChI=1S/C14H16FN3O2/c1-8-5-9(15)7-10(6-8)18-12(14(2,3)4)11(13(19)20)16-17-18/h5-7H,1-4H3,(H,19,20). The maximum absolute atomic E-state index is 13.5. The molecular formula is C14H16FN3O2. The largest absolute Gasteiger partial charge is 0.476 e. The molecule has 20 heavy (non-hydrogen) atoms. The molecule has 2 aromatic rings. The normalized spacial score (nSPS) is 11.7. The monoisotopic (exact) mass is 277 g/mol. The molecular weight excluding hydrogens is 261 g/mol. The Hall–Kier alpha value is -2.24. The van der Waals surface area contributed by atoms with E-state index in [9.17, 15) is 14.3 Å². The van der Waals surface area contributed by atoms with Crippen LogP contribution >= 0.6 is 0 Å². The molecule has 0 aliphatic carbocycles. The van der Waals surface area contributed by atoms with Gasteiger partial charge >= 0.3 is 5.97 Å². The van der Waals surface area contributed by atoms with E-state index in [2.05, 4.69) is 10.3 Å². The van der Waals surface area contributed by atoms with Gasteiger partial charge in [-0.05, 0) is 30.7 Å². The Morgan fingerprint density at radius 1 is 1.30 bits per heavy atom. The molecule has 0 unspecified atom stereocenters. The van der Waals surface area contributed by atoms with Gasteiger partial charge in [0.2, 0.25) is 0 Å². The number of carboxylic acid groups (broad SMARTS) is 1. The first-order chi connectivity index (χ1) is 9.20. The smallest absolute Gasteiger partial charge is 0.358 e. The first-order valence-electron chi connectivity index (χ1n) is 6.17. The molecule has 5 nitrogen and oxygen atoms in total. The van der Waals surface area contributed by atoms with E-state index in [1.807, 2.05) is 20.8 Å². The summed E-state index contributed by atoms with van der Waals surface area (Å²) in [5, 5.41) is 16.8. The number of benzene rings is 1. The third-order valence-corrected chi connectivity index (χ3v) is 2.85. The Balaban J connectivity index is 2.72. The lowest BCUT2D eigenvalue weighted by molar-refractivity contribution is 0.0687. The van der Waals surface area contributed by atoms with Gasteiger partial charge in [0, 0.05) is 5.41 Å². The molecule has 0 bridgehead atoms. The Labute approximate surface area is 116 Å². The number of nitrogens with zero attached hydrogens (tertiary/aromatic N) is 3. The van der Waals surface area contributed by atoms with E-state index in [0.29, 0.717) is 11.4 Å². The predicted molar refractivity (Wildman–Crippen MR) is 71.7 cm³/mol. The fourth-order valence-electron chi connectivity index (χ4n) is 2.12. The van der Waals surface area contributed by atoms with Crippen LogP contribution in [-0.2, 0) is 5.41 Å². The molecule has 6 heteroatoms. The van der Waals surface area contributed by atoms with Crippen molar-refractivity contribution in [1.82, 2.24) is 15.0 Å². The SMILES string of the molecule is Cc1cc(F)cc(-n2nnc(C(=O)O)c2C(C)(C)C)c1. The van der Waals surface area contributed by atoms with Crippen LogP contribution in [0.4, 0.5) is 4.39 Å². The highest BCUT2D eigenvalue weighted by molar-refractivity contribution is 5.87. The van der Waals surface area contributed by atoms with Gasteiger partial charge in [-0.1, -0.05) is 26.0 Å². The zero-order valence-corrected chi connectivity index (χ0v) is 11.8. The van der Waals surface area contributed by atoms with Crippen LogP contribution in [0.1, 0.15) is 42.5 Å². The second-order valence-electron chi connectivity index (χ2n) is 5.74. The molecule has 0 saturated carbocycles. The van der Waals surface area contributed by atoms with Crippen molar-refractivity contribution in [2.24, 2.45) is 0 Å². The van der Waals surface area contributed by atoms with Crippen molar-refractivity contribution in [2.45, 2.75) is 33.1 Å². The van der Waals surface area contributed by atoms with E-state index in [0.717, 1.165) is 5.56 Å². The minimum Gasteiger partial charge on any atom is -0.476 e. The summed E-state index contributed by atoms with van der Waals surface area (Å²) in [5.74, 6) is -1.54. The number of aryl methyl sites for hydroxylation is 1. The second kappa shape index (κ2) is 4.70. The Bertz CT molecular complexity index is 651. The van der Waals surface area contributed by atoms with Crippen molar-refractivity contribution < 1.29 is 14.3 Å². The van der Waals surface area contributed by atoms with Crippen molar-refractivity contribution in [2.75, 3.05) is 0 Å². The molecule has 0 radical (unpaired) electrons. The maximum Gasteiger partial charge on any atom is 0.358 e. The Morgan fingerprint density at radius 2 is 1.95 bits per heavy atom. The lowest BCUT2D eigenvalue weighted by Crippen LogP contribution is -2.21. The number of aromatic nitrogens is 3. The highest BCUT2D eigenvalue weighted by Crippen LogP contribution is 2.27. The molecule has 1 aromatic carbocycles. The van der Waals surface area contributed by atoms with Gasteiger partial charge in [-0.3, -0.25) is 0 Å². The van der Waals surface area contributed by atoms with Crippen molar-refractivity contribution in [1.29, 1.82) is 0 Å². The van der Waals surface area contributed by atoms with E-state index in [1.165, 1.54) is 16.8 Å². The summed E-state index contributed by atoms with van der Waals surface area (Å²) in [6.07, 6.45) is 0. The van der Waals surface area contributed by atoms with Crippen LogP contribution in [0.25, 0.3) is 5.69 Å². The molecule has 1 N–H and O–H groups in total. The molecule has 0 atom stereocenters. The van der Waals surface area contributed by atoms with Crippen molar-refractivity contribution in [3.8, 4) is 5.69 Å². The average Bonchev–Trinajstić information content (AvgIpc) is 2.71. The maximum atomic E-state index is 13.5. The summed E-state index contributed by atoms with van der Waals surface area (Å²) in [5.41, 5.74) is 1.03. The lowest BCUT2D eigenvalue weighted by Gasteiger charge is -2.20. The molecule has 0 aliphatic rings. The molecule has 0 amide bonds. The first-order valence-corrected chi connectivity index (χ1v) is 6.17. The van der Waals surface area contributed by atoms with E-state index in [4.69, 9.17) is 0 Å². The molecule has 1 aromatic heterocycles. The molecule has 0 fully saturated rings. The van der Waals surface area contributed by atoms with E-state index in [1.54, 1.807) is 13.0 Å². The quantitative estimate of drug-likeness (QED) is 0.916. The Kier molecular flexibility index (Phi) is 3.33. The molecule has 0 spiro atoms. The van der Waals surface area contributed by atoms with Crippen LogP contribution in [0.15, 0.2) is 18.2 Å². The number of carboxylic acids is 1. The highest BCUT2D eigenvalue weighted by atomic mass is 19.1. The van der Waals surface area contributed by atoms with Gasteiger partial charge in [0.15, 0.2) is 5.69 Å². The number of halogens is 1. The van der Waals surface area contributed by atoms with E-state index in [-0.39, 0.29) is 5.69 Å². The average molecular weight is 277 g/mol. The Morgan fingerprint density at radius 3 is 2.45 bits per heavy atom. The summed E-state index contributed by atoms with van der Waals surface area (Å²) >= 11 is 0. The fraction of sp³-hybridized carbons (Fsp3) is 0.357. The minimum atomic E-state index is -1.14. The fourth-order valence-corrected chi connectivity index (χ4v) is 2.12. The van der Waals surface area contributed by atoms with Crippen LogP contribution < -0.4 is 0 Å². The highest BCUT2D eigenvalue weighted by Gasteiger charge is 2.29. The molecule has 0 saturated heterocycles. The predicted octanol–water partition coefficient (Wildman–Crippen LogP) is 2.71. The number of aromatic carboxylic acids is 1. The van der Waals surface area contributed by atoms with Gasteiger partial charge < -0.3 is 5.11 Å². The van der Waals surface area contributed by atoms with Gasteiger partial charge in [-0.25, -0.2) is 13.9 Å². The van der Waals surface area contributed by atoms with Crippen molar-refractivity contribution in [3.63, 3.8) is 0 Å². The third-order valence-electron chi connectivity index (χ3n) is 2.85. The van der Waals surface area contributed by atoms with Gasteiger partial charge in [-0.15, -0.1) is 5.10 Å². The van der Waals surface area contributed by atoms with Gasteiger partial charge in [0.25, 0.3) is 0 Å². The van der Waals surface area contributed by atoms with Crippen LogP contribution in [0.2, 0.25) is 0 Å². The molecule has 1 heterocycles. The summed E-state index contributed by atoms with van der Waals surface area (Å²) in [7, 11) is 0. The third kappa shape index (κ3) is 2.54. The van der Waals surface area contributed by atoms with E-state index >= 15 is 0 Å². The number of rotatable bonds is 2. The number of hydrogen-bond donors (Lipinski definition) is 1. The van der Waals surface area contributed by atoms with Crippen LogP contribution in [-0.4, -0.2) is 26.1 Å². The topological polar surface area (TPSA) is 68.0 Å². The summed E-state index contributed by atoms with van der Waals surface area (Å²) in [4.78, 5) is 11.3. The summed E-state index contributed by atoms with van der Waals surface area (Å²) in [6.45, 7) is 7.35. The number of carbonyl (C=O) groups is 1. The summed E-state index contributed by atoms with van der Waals surface area (Å²) in [6, 6.07) is 4.44. The van der Waals surface area contributed by atoms with Gasteiger partial charge in [-0.2, -0.15) is 0 Å². The van der Waals surface area contributed by atoms with Crippen molar-refractivity contribution in [3.05, 3.63) is 41.0 Å². The van der Waals surface area contributed by atoms with Gasteiger partial charge in [0.05, 0.1) is 11.4 Å². The van der Waals surface area contributed by atoms with Crippen LogP contribution in [0.3, 0.4) is 0 Å². The number of hydrogen-bond acceptors (Lipinski definition) is 3. The van der Waals surface area contributed by atoms with Crippen LogP contribution in [0, 0.1) is 12.7 Å². The molecule has 0 aliphatic heterocycles.